The predicted molar refractivity (Wildman–Crippen MR) is 177 cm³/mol. The highest BCUT2D eigenvalue weighted by Crippen LogP contribution is 2.29. The van der Waals surface area contributed by atoms with E-state index in [4.69, 9.17) is 9.47 Å². The van der Waals surface area contributed by atoms with E-state index < -0.39 is 6.09 Å². The fraction of sp³-hybridized carbons (Fsp3) is 0.194. The van der Waals surface area contributed by atoms with Crippen molar-refractivity contribution in [1.82, 2.24) is 9.88 Å². The summed E-state index contributed by atoms with van der Waals surface area (Å²) in [6, 6.07) is 29.9. The molecule has 0 aliphatic carbocycles. The molecule has 0 radical (unpaired) electrons. The number of benzene rings is 4. The van der Waals surface area contributed by atoms with Gasteiger partial charge in [-0.1, -0.05) is 55.5 Å². The van der Waals surface area contributed by atoms with E-state index in [0.717, 1.165) is 16.5 Å². The maximum atomic E-state index is 13.1. The number of nitrogens with one attached hydrogen (secondary N) is 3. The van der Waals surface area contributed by atoms with Crippen molar-refractivity contribution in [2.24, 2.45) is 0 Å². The van der Waals surface area contributed by atoms with Gasteiger partial charge >= 0.3 is 6.09 Å². The summed E-state index contributed by atoms with van der Waals surface area (Å²) in [5.74, 6) is 1.06. The highest BCUT2D eigenvalue weighted by molar-refractivity contribution is 5.87. The van der Waals surface area contributed by atoms with Gasteiger partial charge in [-0.2, -0.15) is 0 Å². The van der Waals surface area contributed by atoms with Crippen LogP contribution in [-0.2, 0) is 16.1 Å². The lowest BCUT2D eigenvalue weighted by atomic mass is 9.97. The molecule has 230 valence electrons. The highest BCUT2D eigenvalue weighted by Gasteiger charge is 2.16. The number of nitrogens with zero attached hydrogens (tertiary/aromatic N) is 1. The first-order valence-corrected chi connectivity index (χ1v) is 14.7. The van der Waals surface area contributed by atoms with Gasteiger partial charge in [-0.15, -0.1) is 0 Å². The first kappa shape index (κ1) is 30.9. The Morgan fingerprint density at radius 2 is 1.67 bits per heavy atom. The molecule has 2 amide bonds. The zero-order valence-corrected chi connectivity index (χ0v) is 25.5. The zero-order chi connectivity index (χ0) is 31.8. The van der Waals surface area contributed by atoms with Crippen LogP contribution in [0.3, 0.4) is 0 Å². The minimum atomic E-state index is -0.569. The average Bonchev–Trinajstić information content (AvgIpc) is 3.04. The van der Waals surface area contributed by atoms with Gasteiger partial charge in [0, 0.05) is 48.0 Å². The smallest absolute Gasteiger partial charge is 0.411 e. The van der Waals surface area contributed by atoms with Crippen LogP contribution in [-0.4, -0.2) is 42.1 Å². The number of pyridine rings is 1. The summed E-state index contributed by atoms with van der Waals surface area (Å²) in [5, 5.41) is 7.27. The number of likely N-dealkylation sites (N-methyl/N-ethyl adjacent to an activating group) is 1. The van der Waals surface area contributed by atoms with Crippen LogP contribution in [0.1, 0.15) is 29.5 Å². The Morgan fingerprint density at radius 3 is 2.47 bits per heavy atom. The van der Waals surface area contributed by atoms with E-state index >= 15 is 0 Å². The molecule has 5 rings (SSSR count). The van der Waals surface area contributed by atoms with Gasteiger partial charge in [-0.05, 0) is 72.0 Å². The number of carbonyl (C=O) groups is 2. The molecule has 0 saturated carbocycles. The van der Waals surface area contributed by atoms with Crippen molar-refractivity contribution in [3.8, 4) is 11.5 Å². The van der Waals surface area contributed by atoms with Crippen LogP contribution < -0.4 is 20.9 Å². The van der Waals surface area contributed by atoms with Gasteiger partial charge in [-0.25, -0.2) is 4.79 Å². The molecule has 9 heteroatoms. The Morgan fingerprint density at radius 1 is 0.911 bits per heavy atom. The van der Waals surface area contributed by atoms with Crippen LogP contribution in [0.2, 0.25) is 0 Å². The van der Waals surface area contributed by atoms with Gasteiger partial charge in [0.2, 0.25) is 5.91 Å². The predicted octanol–water partition coefficient (Wildman–Crippen LogP) is 7.05. The molecule has 1 aromatic heterocycles. The Labute approximate surface area is 261 Å². The number of aryl methyl sites for hydroxylation is 1. The molecule has 0 fully saturated rings. The Kier molecular flexibility index (Phi) is 9.79. The van der Waals surface area contributed by atoms with Crippen LogP contribution in [0, 0.1) is 6.92 Å². The van der Waals surface area contributed by atoms with Crippen molar-refractivity contribution < 1.29 is 19.1 Å². The molecule has 9 nitrogen and oxygen atoms in total. The van der Waals surface area contributed by atoms with Gasteiger partial charge in [0.15, 0.2) is 0 Å². The molecule has 1 atom stereocenters. The number of carbonyl (C=O) groups excluding carboxylic acids is 2. The summed E-state index contributed by atoms with van der Waals surface area (Å²) >= 11 is 0. The molecule has 3 N–H and O–H groups in total. The van der Waals surface area contributed by atoms with Gasteiger partial charge in [0.05, 0.1) is 13.2 Å². The van der Waals surface area contributed by atoms with E-state index in [1.165, 1.54) is 0 Å². The summed E-state index contributed by atoms with van der Waals surface area (Å²) in [5.41, 5.74) is 3.96. The van der Waals surface area contributed by atoms with Crippen LogP contribution >= 0.6 is 0 Å². The number of hydrogen-bond donors (Lipinski definition) is 3. The number of hydrogen-bond acceptors (Lipinski definition) is 6. The maximum absolute atomic E-state index is 13.1. The molecule has 0 aliphatic rings. The fourth-order valence-electron chi connectivity index (χ4n) is 5.03. The number of ether oxygens (including phenoxy) is 2. The second-order valence-electron chi connectivity index (χ2n) is 10.9. The van der Waals surface area contributed by atoms with E-state index in [0.29, 0.717) is 33.8 Å². The Balaban J connectivity index is 1.25. The quantitative estimate of drug-likeness (QED) is 0.149. The van der Waals surface area contributed by atoms with Crippen LogP contribution in [0.15, 0.2) is 108 Å². The van der Waals surface area contributed by atoms with Crippen molar-refractivity contribution in [2.45, 2.75) is 26.3 Å². The third-order valence-electron chi connectivity index (χ3n) is 7.51. The number of aromatic nitrogens is 1. The first-order chi connectivity index (χ1) is 21.8. The molecule has 4 aromatic carbocycles. The number of amides is 2. The summed E-state index contributed by atoms with van der Waals surface area (Å²) in [6.45, 7) is 4.52. The van der Waals surface area contributed by atoms with Gasteiger partial charge < -0.3 is 24.7 Å². The Hall–Kier alpha value is -5.57. The molecule has 0 unspecified atom stereocenters. The summed E-state index contributed by atoms with van der Waals surface area (Å²) in [6.07, 6.45) is 1.04. The molecular formula is C36H36N4O5. The van der Waals surface area contributed by atoms with Crippen molar-refractivity contribution in [1.29, 1.82) is 0 Å². The van der Waals surface area contributed by atoms with Gasteiger partial charge in [0.25, 0.3) is 5.56 Å². The highest BCUT2D eigenvalue weighted by atomic mass is 16.5. The molecule has 1 heterocycles. The number of H-pyrrole nitrogens is 1. The molecule has 5 aromatic rings. The molecule has 0 saturated heterocycles. The zero-order valence-electron chi connectivity index (χ0n) is 25.5. The lowest BCUT2D eigenvalue weighted by Crippen LogP contribution is -2.32. The van der Waals surface area contributed by atoms with Crippen LogP contribution in [0.25, 0.3) is 10.8 Å². The summed E-state index contributed by atoms with van der Waals surface area (Å²) in [4.78, 5) is 42.3. The minimum absolute atomic E-state index is 0.0188. The van der Waals surface area contributed by atoms with E-state index in [1.807, 2.05) is 86.6 Å². The number of para-hydroxylation sites is 1. The maximum Gasteiger partial charge on any atom is 0.411 e. The molecule has 45 heavy (non-hydrogen) atoms. The van der Waals surface area contributed by atoms with Gasteiger partial charge in [-0.3, -0.25) is 14.9 Å². The lowest BCUT2D eigenvalue weighted by Gasteiger charge is -2.21. The Bertz CT molecular complexity index is 1850. The fourth-order valence-corrected chi connectivity index (χ4v) is 5.03. The average molecular weight is 605 g/mol. The molecule has 0 spiro atoms. The van der Waals surface area contributed by atoms with Crippen molar-refractivity contribution in [3.05, 3.63) is 130 Å². The number of fused-ring (bicyclic) bond motifs is 1. The van der Waals surface area contributed by atoms with E-state index in [2.05, 4.69) is 15.6 Å². The number of rotatable bonds is 11. The third kappa shape index (κ3) is 8.08. The van der Waals surface area contributed by atoms with E-state index in [9.17, 15) is 14.4 Å². The van der Waals surface area contributed by atoms with E-state index in [1.54, 1.807) is 42.4 Å². The topological polar surface area (TPSA) is 113 Å². The van der Waals surface area contributed by atoms with Gasteiger partial charge in [0.1, 0.15) is 11.5 Å². The summed E-state index contributed by atoms with van der Waals surface area (Å²) in [7, 11) is 1.70. The second-order valence-corrected chi connectivity index (χ2v) is 10.9. The standard InChI is InChI=1S/C36H36N4O5/c1-24-9-7-8-12-31(24)25(2)23-44-36(43)39-29-15-16-33(45-30-10-5-4-6-11-30)27(19-29)22-40(3)34(41)21-38-28-14-13-26-17-18-37-35(42)32(26)20-28/h4-20,25,38H,21-23H2,1-3H3,(H,37,42)(H,39,43)/t25-/m0/s1. The van der Waals surface area contributed by atoms with Crippen LogP contribution in [0.5, 0.6) is 11.5 Å². The molecular weight excluding hydrogens is 568 g/mol. The normalized spacial score (nSPS) is 11.4. The third-order valence-corrected chi connectivity index (χ3v) is 7.51. The first-order valence-electron chi connectivity index (χ1n) is 14.7. The molecule has 0 bridgehead atoms. The summed E-state index contributed by atoms with van der Waals surface area (Å²) < 4.78 is 11.7. The SMILES string of the molecule is Cc1ccccc1[C@@H](C)COC(=O)Nc1ccc(Oc2ccccc2)c(CN(C)C(=O)CNc2ccc3cc[nH]c(=O)c3c2)c1. The second kappa shape index (κ2) is 14.3. The monoisotopic (exact) mass is 604 g/mol. The lowest BCUT2D eigenvalue weighted by molar-refractivity contribution is -0.128. The van der Waals surface area contributed by atoms with Crippen molar-refractivity contribution in [3.63, 3.8) is 0 Å². The van der Waals surface area contributed by atoms with Crippen molar-refractivity contribution in [2.75, 3.05) is 30.8 Å². The van der Waals surface area contributed by atoms with Crippen LogP contribution in [0.4, 0.5) is 16.2 Å². The van der Waals surface area contributed by atoms with E-state index in [-0.39, 0.29) is 37.1 Å². The molecule has 0 aliphatic heterocycles. The largest absolute Gasteiger partial charge is 0.457 e. The number of aromatic amines is 1. The minimum Gasteiger partial charge on any atom is -0.457 e. The number of anilines is 2. The van der Waals surface area contributed by atoms with Crippen molar-refractivity contribution >= 4 is 34.1 Å².